The number of carbonyl (C=O) groups excluding carboxylic acids is 1. The van der Waals surface area contributed by atoms with E-state index in [4.69, 9.17) is 4.74 Å². The summed E-state index contributed by atoms with van der Waals surface area (Å²) in [4.78, 5) is 21.7. The third kappa shape index (κ3) is 2.59. The summed E-state index contributed by atoms with van der Waals surface area (Å²) in [6, 6.07) is 2.61. The van der Waals surface area contributed by atoms with Crippen LogP contribution in [0.4, 0.5) is 5.69 Å². The lowest BCUT2D eigenvalue weighted by molar-refractivity contribution is -0.385. The molecule has 0 saturated carbocycles. The number of hydrogen-bond acceptors (Lipinski definition) is 4. The van der Waals surface area contributed by atoms with Gasteiger partial charge in [-0.15, -0.1) is 0 Å². The molecule has 1 aromatic carbocycles. The maximum atomic E-state index is 11.5. The van der Waals surface area contributed by atoms with E-state index in [1.165, 1.54) is 19.2 Å². The van der Waals surface area contributed by atoms with Crippen molar-refractivity contribution in [3.05, 3.63) is 32.3 Å². The fraction of sp³-hybridized carbons (Fsp3) is 0.222. The molecule has 1 rings (SSSR count). The smallest absolute Gasteiger partial charge is 0.281 e. The first-order valence-electron chi connectivity index (χ1n) is 4.12. The summed E-state index contributed by atoms with van der Waals surface area (Å²) in [5.74, 6) is 0.0207. The highest BCUT2D eigenvalue weighted by molar-refractivity contribution is 9.10. The Morgan fingerprint density at radius 1 is 1.56 bits per heavy atom. The average molecular weight is 353 g/mol. The molecule has 0 N–H and O–H groups in total. The average Bonchev–Trinajstić information content (AvgIpc) is 2.27. The summed E-state index contributed by atoms with van der Waals surface area (Å²) in [5, 5.41) is 10.8. The molecule has 0 spiro atoms. The van der Waals surface area contributed by atoms with Gasteiger partial charge in [0.05, 0.1) is 27.4 Å². The molecule has 0 unspecified atom stereocenters. The van der Waals surface area contributed by atoms with E-state index in [2.05, 4.69) is 31.9 Å². The minimum Gasteiger partial charge on any atom is -0.496 e. The first-order valence-corrected chi connectivity index (χ1v) is 6.03. The molecule has 0 aromatic heterocycles. The molecule has 86 valence electrons. The number of alkyl halides is 1. The van der Waals surface area contributed by atoms with Crippen LogP contribution in [0.15, 0.2) is 16.6 Å². The minimum absolute atomic E-state index is 0.0264. The Morgan fingerprint density at radius 2 is 2.19 bits per heavy atom. The first kappa shape index (κ1) is 13.1. The summed E-state index contributed by atoms with van der Waals surface area (Å²) in [6.45, 7) is 0. The monoisotopic (exact) mass is 351 g/mol. The van der Waals surface area contributed by atoms with E-state index in [9.17, 15) is 14.9 Å². The molecule has 7 heteroatoms. The predicted octanol–water partition coefficient (Wildman–Crippen LogP) is 2.94. The van der Waals surface area contributed by atoms with Crippen LogP contribution in [0.2, 0.25) is 0 Å². The number of nitro benzene ring substituents is 1. The largest absolute Gasteiger partial charge is 0.496 e. The molecule has 0 aliphatic heterocycles. The van der Waals surface area contributed by atoms with Gasteiger partial charge in [-0.2, -0.15) is 0 Å². The molecular weight excluding hydrogens is 346 g/mol. The van der Waals surface area contributed by atoms with Gasteiger partial charge in [-0.05, 0) is 22.0 Å². The Morgan fingerprint density at radius 3 is 2.62 bits per heavy atom. The molecule has 0 amide bonds. The van der Waals surface area contributed by atoms with Crippen LogP contribution in [0, 0.1) is 10.1 Å². The van der Waals surface area contributed by atoms with Crippen LogP contribution in [0.5, 0.6) is 5.75 Å². The predicted molar refractivity (Wildman–Crippen MR) is 65.5 cm³/mol. The number of ether oxygens (including phenoxy) is 1. The lowest BCUT2D eigenvalue weighted by atomic mass is 10.1. The second-order valence-electron chi connectivity index (χ2n) is 2.82. The number of benzene rings is 1. The van der Waals surface area contributed by atoms with Crippen LogP contribution >= 0.6 is 31.9 Å². The number of rotatable bonds is 4. The molecule has 0 aliphatic carbocycles. The molecule has 16 heavy (non-hydrogen) atoms. The minimum atomic E-state index is -0.597. The normalized spacial score (nSPS) is 9.94. The number of Topliss-reactive ketones (excluding diaryl/α,β-unsaturated/α-hetero) is 1. The summed E-state index contributed by atoms with van der Waals surface area (Å²) in [7, 11) is 1.42. The fourth-order valence-electron chi connectivity index (χ4n) is 1.15. The van der Waals surface area contributed by atoms with Gasteiger partial charge in [0, 0.05) is 6.07 Å². The van der Waals surface area contributed by atoms with Gasteiger partial charge in [-0.25, -0.2) is 0 Å². The summed E-state index contributed by atoms with van der Waals surface area (Å²) < 4.78 is 5.42. The van der Waals surface area contributed by atoms with Crippen molar-refractivity contribution in [3.8, 4) is 5.75 Å². The molecule has 0 fully saturated rings. The molecule has 0 aliphatic rings. The van der Waals surface area contributed by atoms with E-state index in [-0.39, 0.29) is 22.4 Å². The van der Waals surface area contributed by atoms with E-state index < -0.39 is 4.92 Å². The molecule has 0 heterocycles. The number of nitro groups is 1. The number of nitrogens with zero attached hydrogens (tertiary/aromatic N) is 1. The Balaban J connectivity index is 3.42. The lowest BCUT2D eigenvalue weighted by Crippen LogP contribution is -2.05. The maximum absolute atomic E-state index is 11.5. The van der Waals surface area contributed by atoms with Crippen LogP contribution in [0.1, 0.15) is 10.4 Å². The van der Waals surface area contributed by atoms with Crippen LogP contribution in [-0.4, -0.2) is 23.1 Å². The number of carbonyl (C=O) groups is 1. The van der Waals surface area contributed by atoms with Crippen LogP contribution in [0.3, 0.4) is 0 Å². The molecule has 1 aromatic rings. The van der Waals surface area contributed by atoms with Gasteiger partial charge in [0.2, 0.25) is 0 Å². The zero-order valence-corrected chi connectivity index (χ0v) is 11.4. The number of methoxy groups -OCH3 is 1. The Bertz CT molecular complexity index is 447. The quantitative estimate of drug-likeness (QED) is 0.361. The van der Waals surface area contributed by atoms with E-state index in [1.54, 1.807) is 0 Å². The summed E-state index contributed by atoms with van der Waals surface area (Å²) in [5.41, 5.74) is -0.209. The number of hydrogen-bond donors (Lipinski definition) is 0. The van der Waals surface area contributed by atoms with Gasteiger partial charge in [-0.3, -0.25) is 14.9 Å². The van der Waals surface area contributed by atoms with Gasteiger partial charge >= 0.3 is 0 Å². The second kappa shape index (κ2) is 5.40. The maximum Gasteiger partial charge on any atom is 0.281 e. The third-order valence-corrected chi connectivity index (χ3v) is 3.02. The van der Waals surface area contributed by atoms with E-state index in [1.807, 2.05) is 0 Å². The van der Waals surface area contributed by atoms with Crippen LogP contribution < -0.4 is 4.74 Å². The Labute approximate surface area is 108 Å². The van der Waals surface area contributed by atoms with Crippen molar-refractivity contribution in [3.63, 3.8) is 0 Å². The lowest BCUT2D eigenvalue weighted by Gasteiger charge is -2.06. The summed E-state index contributed by atoms with van der Waals surface area (Å²) in [6.07, 6.45) is 0. The van der Waals surface area contributed by atoms with Crippen molar-refractivity contribution in [2.75, 3.05) is 12.4 Å². The summed E-state index contributed by atoms with van der Waals surface area (Å²) >= 11 is 6.10. The van der Waals surface area contributed by atoms with Gasteiger partial charge in [-0.1, -0.05) is 15.9 Å². The fourth-order valence-corrected chi connectivity index (χ4v) is 1.94. The highest BCUT2D eigenvalue weighted by atomic mass is 79.9. The van der Waals surface area contributed by atoms with Gasteiger partial charge in [0.15, 0.2) is 5.78 Å². The van der Waals surface area contributed by atoms with Gasteiger partial charge in [0.25, 0.3) is 5.69 Å². The van der Waals surface area contributed by atoms with Crippen molar-refractivity contribution in [1.82, 2.24) is 0 Å². The molecule has 0 saturated heterocycles. The van der Waals surface area contributed by atoms with Gasteiger partial charge < -0.3 is 4.74 Å². The van der Waals surface area contributed by atoms with Crippen molar-refractivity contribution in [2.45, 2.75) is 0 Å². The van der Waals surface area contributed by atoms with Crippen molar-refractivity contribution >= 4 is 43.3 Å². The van der Waals surface area contributed by atoms with Crippen LogP contribution in [-0.2, 0) is 0 Å². The van der Waals surface area contributed by atoms with Gasteiger partial charge in [0.1, 0.15) is 5.75 Å². The van der Waals surface area contributed by atoms with E-state index >= 15 is 0 Å². The Kier molecular flexibility index (Phi) is 4.43. The zero-order chi connectivity index (χ0) is 12.3. The molecule has 0 atom stereocenters. The highest BCUT2D eigenvalue weighted by Crippen LogP contribution is 2.32. The zero-order valence-electron chi connectivity index (χ0n) is 8.20. The van der Waals surface area contributed by atoms with E-state index in [0.29, 0.717) is 10.2 Å². The third-order valence-electron chi connectivity index (χ3n) is 1.89. The molecular formula is C9H7Br2NO4. The number of halogens is 2. The highest BCUT2D eigenvalue weighted by Gasteiger charge is 2.22. The topological polar surface area (TPSA) is 69.4 Å². The van der Waals surface area contributed by atoms with Crippen LogP contribution in [0.25, 0.3) is 0 Å². The number of ketones is 1. The van der Waals surface area contributed by atoms with Crippen molar-refractivity contribution in [2.24, 2.45) is 0 Å². The molecule has 5 nitrogen and oxygen atoms in total. The molecule has 0 radical (unpaired) electrons. The second-order valence-corrected chi connectivity index (χ2v) is 4.23. The van der Waals surface area contributed by atoms with Crippen molar-refractivity contribution < 1.29 is 14.5 Å². The first-order chi connectivity index (χ1) is 7.51. The molecule has 0 bridgehead atoms. The van der Waals surface area contributed by atoms with E-state index in [0.717, 1.165) is 0 Å². The Hall–Kier alpha value is -0.950. The van der Waals surface area contributed by atoms with Crippen molar-refractivity contribution in [1.29, 1.82) is 0 Å². The standard InChI is InChI=1S/C9H7Br2NO4/c1-16-9-2-5(8(13)4-10)7(12(14)15)3-6(9)11/h2-3H,4H2,1H3. The SMILES string of the molecule is COc1cc(C(=O)CBr)c([N+](=O)[O-])cc1Br.